The summed E-state index contributed by atoms with van der Waals surface area (Å²) in [7, 11) is 0. The molecule has 0 spiro atoms. The molecule has 3 amide bonds. The van der Waals surface area contributed by atoms with Gasteiger partial charge in [-0.05, 0) is 53.4 Å². The number of carbonyl (C=O) groups is 3. The van der Waals surface area contributed by atoms with Crippen molar-refractivity contribution < 1.29 is 14.4 Å². The van der Waals surface area contributed by atoms with Gasteiger partial charge in [-0.3, -0.25) is 19.7 Å². The Bertz CT molecular complexity index is 1410. The molecular formula is C26H21N3O3S. The summed E-state index contributed by atoms with van der Waals surface area (Å²) in [4.78, 5) is 44.1. The van der Waals surface area contributed by atoms with Gasteiger partial charge in [0.2, 0.25) is 0 Å². The highest BCUT2D eigenvalue weighted by Crippen LogP contribution is 2.32. The summed E-state index contributed by atoms with van der Waals surface area (Å²) in [6.45, 7) is 6.46. The first-order valence-electron chi connectivity index (χ1n) is 10.5. The monoisotopic (exact) mass is 455 g/mol. The molecule has 0 unspecified atom stereocenters. The van der Waals surface area contributed by atoms with Gasteiger partial charge in [-0.15, -0.1) is 0 Å². The molecule has 5 rings (SSSR count). The number of hydrogen-bond acceptors (Lipinski definition) is 5. The van der Waals surface area contributed by atoms with Gasteiger partial charge in [-0.25, -0.2) is 9.88 Å². The van der Waals surface area contributed by atoms with E-state index in [-0.39, 0.29) is 11.3 Å². The summed E-state index contributed by atoms with van der Waals surface area (Å²) in [6, 6.07) is 19.3. The first-order valence-corrected chi connectivity index (χ1v) is 11.3. The van der Waals surface area contributed by atoms with Crippen molar-refractivity contribution in [2.24, 2.45) is 0 Å². The molecule has 0 atom stereocenters. The van der Waals surface area contributed by atoms with Gasteiger partial charge in [0, 0.05) is 5.56 Å². The fourth-order valence-corrected chi connectivity index (χ4v) is 4.72. The van der Waals surface area contributed by atoms with E-state index in [0.29, 0.717) is 27.5 Å². The summed E-state index contributed by atoms with van der Waals surface area (Å²) in [5, 5.41) is 3.34. The minimum atomic E-state index is -0.394. The van der Waals surface area contributed by atoms with Gasteiger partial charge in [-0.1, -0.05) is 56.4 Å². The second-order valence-electron chi connectivity index (χ2n) is 8.95. The molecule has 3 aromatic carbocycles. The van der Waals surface area contributed by atoms with Crippen LogP contribution < -0.4 is 10.2 Å². The van der Waals surface area contributed by atoms with Gasteiger partial charge < -0.3 is 0 Å². The molecule has 0 saturated heterocycles. The zero-order valence-corrected chi connectivity index (χ0v) is 19.2. The van der Waals surface area contributed by atoms with E-state index in [1.165, 1.54) is 16.9 Å². The van der Waals surface area contributed by atoms with Crippen LogP contribution in [0.2, 0.25) is 0 Å². The minimum absolute atomic E-state index is 0.0200. The van der Waals surface area contributed by atoms with Gasteiger partial charge in [-0.2, -0.15) is 0 Å². The van der Waals surface area contributed by atoms with Crippen LogP contribution in [0.15, 0.2) is 66.7 Å². The van der Waals surface area contributed by atoms with Crippen molar-refractivity contribution in [2.45, 2.75) is 26.2 Å². The maximum absolute atomic E-state index is 12.9. The standard InChI is InChI=1S/C26H21N3O3S/c1-26(2,3)16-11-12-20-21(14-16)33-25(27-20)28-22(30)15-7-6-8-17(13-15)29-23(31)18-9-4-5-10-19(18)24(29)32/h4-14H,1-3H3,(H,27,28,30). The third kappa shape index (κ3) is 3.70. The lowest BCUT2D eigenvalue weighted by atomic mass is 9.87. The SMILES string of the molecule is CC(C)(C)c1ccc2nc(NC(=O)c3cccc(N4C(=O)c5ccccc5C4=O)c3)sc2c1. The third-order valence-electron chi connectivity index (χ3n) is 5.64. The van der Waals surface area contributed by atoms with E-state index in [9.17, 15) is 14.4 Å². The van der Waals surface area contributed by atoms with E-state index in [1.807, 2.05) is 6.07 Å². The number of amides is 3. The number of aromatic nitrogens is 1. The lowest BCUT2D eigenvalue weighted by molar-refractivity contribution is 0.0924. The first-order chi connectivity index (χ1) is 15.7. The molecule has 0 bridgehead atoms. The Kier molecular flexibility index (Phi) is 4.87. The number of imide groups is 1. The van der Waals surface area contributed by atoms with Crippen LogP contribution in [0.1, 0.15) is 57.4 Å². The first kappa shape index (κ1) is 21.0. The molecule has 2 heterocycles. The molecule has 1 aromatic heterocycles. The highest BCUT2D eigenvalue weighted by atomic mass is 32.1. The number of rotatable bonds is 3. The van der Waals surface area contributed by atoms with Crippen LogP contribution in [0.3, 0.4) is 0 Å². The number of nitrogens with one attached hydrogen (secondary N) is 1. The molecule has 164 valence electrons. The minimum Gasteiger partial charge on any atom is -0.298 e. The highest BCUT2D eigenvalue weighted by Gasteiger charge is 2.36. The second kappa shape index (κ2) is 7.64. The van der Waals surface area contributed by atoms with Crippen molar-refractivity contribution >= 4 is 50.1 Å². The summed E-state index contributed by atoms with van der Waals surface area (Å²) >= 11 is 1.41. The quantitative estimate of drug-likeness (QED) is 0.405. The molecule has 33 heavy (non-hydrogen) atoms. The fraction of sp³-hybridized carbons (Fsp3) is 0.154. The number of nitrogens with zero attached hydrogens (tertiary/aromatic N) is 2. The molecule has 6 nitrogen and oxygen atoms in total. The average molecular weight is 456 g/mol. The predicted molar refractivity (Wildman–Crippen MR) is 130 cm³/mol. The van der Waals surface area contributed by atoms with E-state index < -0.39 is 11.8 Å². The van der Waals surface area contributed by atoms with Crippen LogP contribution in [0, 0.1) is 0 Å². The molecule has 0 fully saturated rings. The maximum Gasteiger partial charge on any atom is 0.266 e. The van der Waals surface area contributed by atoms with Crippen molar-refractivity contribution in [3.05, 3.63) is 89.0 Å². The van der Waals surface area contributed by atoms with Gasteiger partial charge in [0.1, 0.15) is 0 Å². The van der Waals surface area contributed by atoms with E-state index in [1.54, 1.807) is 48.5 Å². The average Bonchev–Trinajstić information content (AvgIpc) is 3.30. The Labute approximate surface area is 194 Å². The Balaban J connectivity index is 1.40. The van der Waals surface area contributed by atoms with Crippen LogP contribution in [0.4, 0.5) is 10.8 Å². The van der Waals surface area contributed by atoms with Crippen molar-refractivity contribution in [3.8, 4) is 0 Å². The molecule has 1 aliphatic heterocycles. The fourth-order valence-electron chi connectivity index (χ4n) is 3.82. The van der Waals surface area contributed by atoms with Crippen molar-refractivity contribution in [1.82, 2.24) is 4.98 Å². The van der Waals surface area contributed by atoms with Crippen LogP contribution in [0.25, 0.3) is 10.2 Å². The number of fused-ring (bicyclic) bond motifs is 2. The summed E-state index contributed by atoms with van der Waals surface area (Å²) < 4.78 is 0.998. The van der Waals surface area contributed by atoms with Gasteiger partial charge >= 0.3 is 0 Å². The van der Waals surface area contributed by atoms with Crippen LogP contribution in [0.5, 0.6) is 0 Å². The Morgan fingerprint density at radius 3 is 2.27 bits per heavy atom. The summed E-state index contributed by atoms with van der Waals surface area (Å²) in [5.74, 6) is -1.15. The Morgan fingerprint density at radius 2 is 1.61 bits per heavy atom. The normalized spacial score (nSPS) is 13.5. The number of anilines is 2. The lowest BCUT2D eigenvalue weighted by Crippen LogP contribution is -2.29. The highest BCUT2D eigenvalue weighted by molar-refractivity contribution is 7.22. The molecule has 0 radical (unpaired) electrons. The van der Waals surface area contributed by atoms with Crippen LogP contribution >= 0.6 is 11.3 Å². The largest absolute Gasteiger partial charge is 0.298 e. The molecule has 7 heteroatoms. The Hall–Kier alpha value is -3.84. The van der Waals surface area contributed by atoms with Crippen molar-refractivity contribution in [3.63, 3.8) is 0 Å². The smallest absolute Gasteiger partial charge is 0.266 e. The molecule has 0 saturated carbocycles. The Morgan fingerprint density at radius 1 is 0.909 bits per heavy atom. The molecule has 0 aliphatic carbocycles. The van der Waals surface area contributed by atoms with E-state index in [4.69, 9.17) is 0 Å². The zero-order valence-electron chi connectivity index (χ0n) is 18.4. The zero-order chi connectivity index (χ0) is 23.3. The summed E-state index contributed by atoms with van der Waals surface area (Å²) in [6.07, 6.45) is 0. The van der Waals surface area contributed by atoms with Crippen LogP contribution in [-0.4, -0.2) is 22.7 Å². The topological polar surface area (TPSA) is 79.4 Å². The molecular weight excluding hydrogens is 434 g/mol. The summed E-state index contributed by atoms with van der Waals surface area (Å²) in [5.41, 5.74) is 3.45. The lowest BCUT2D eigenvalue weighted by Gasteiger charge is -2.18. The number of hydrogen-bond donors (Lipinski definition) is 1. The van der Waals surface area contributed by atoms with Gasteiger partial charge in [0.05, 0.1) is 27.0 Å². The predicted octanol–water partition coefficient (Wildman–Crippen LogP) is 5.65. The van der Waals surface area contributed by atoms with Gasteiger partial charge in [0.25, 0.3) is 17.7 Å². The molecule has 1 aliphatic rings. The maximum atomic E-state index is 12.9. The second-order valence-corrected chi connectivity index (χ2v) is 9.98. The number of carbonyl (C=O) groups excluding carboxylic acids is 3. The number of benzene rings is 3. The van der Waals surface area contributed by atoms with E-state index in [0.717, 1.165) is 15.1 Å². The van der Waals surface area contributed by atoms with Gasteiger partial charge in [0.15, 0.2) is 5.13 Å². The number of thiazole rings is 1. The molecule has 1 N–H and O–H groups in total. The molecule has 4 aromatic rings. The van der Waals surface area contributed by atoms with Crippen molar-refractivity contribution in [1.29, 1.82) is 0 Å². The van der Waals surface area contributed by atoms with E-state index >= 15 is 0 Å². The van der Waals surface area contributed by atoms with E-state index in [2.05, 4.69) is 43.2 Å². The van der Waals surface area contributed by atoms with Crippen LogP contribution in [-0.2, 0) is 5.41 Å². The van der Waals surface area contributed by atoms with Crippen molar-refractivity contribution in [2.75, 3.05) is 10.2 Å². The third-order valence-corrected chi connectivity index (χ3v) is 6.57.